The molecule has 0 N–H and O–H groups in total. The molecule has 0 aliphatic carbocycles. The highest BCUT2D eigenvalue weighted by molar-refractivity contribution is 6.35. The van der Waals surface area contributed by atoms with Crippen LogP contribution in [0.2, 0.25) is 10.0 Å². The molecular weight excluding hydrogens is 507 g/mol. The molecule has 1 aromatic heterocycles. The lowest BCUT2D eigenvalue weighted by molar-refractivity contribution is 0.511. The average molecular weight is 546 g/mol. The van der Waals surface area contributed by atoms with Crippen molar-refractivity contribution in [2.75, 3.05) is 0 Å². The summed E-state index contributed by atoms with van der Waals surface area (Å²) in [5.74, 6) is 0.409. The van der Waals surface area contributed by atoms with Gasteiger partial charge in [0.25, 0.3) is 0 Å². The van der Waals surface area contributed by atoms with E-state index in [0.717, 1.165) is 56.3 Å². The van der Waals surface area contributed by atoms with Crippen LogP contribution in [-0.4, -0.2) is 9.78 Å². The summed E-state index contributed by atoms with van der Waals surface area (Å²) < 4.78 is 2.20. The van der Waals surface area contributed by atoms with E-state index < -0.39 is 0 Å². The summed E-state index contributed by atoms with van der Waals surface area (Å²) in [5.41, 5.74) is 9.65. The van der Waals surface area contributed by atoms with E-state index in [1.165, 1.54) is 33.5 Å². The Labute approximate surface area is 238 Å². The number of benzene rings is 3. The van der Waals surface area contributed by atoms with Gasteiger partial charge in [0, 0.05) is 27.2 Å². The van der Waals surface area contributed by atoms with Crippen LogP contribution in [-0.2, 0) is 19.4 Å². The fourth-order valence-electron chi connectivity index (χ4n) is 5.07. The van der Waals surface area contributed by atoms with E-state index >= 15 is 0 Å². The molecule has 4 aromatic rings. The van der Waals surface area contributed by atoms with Gasteiger partial charge >= 0.3 is 0 Å². The Morgan fingerprint density at radius 3 is 2.24 bits per heavy atom. The summed E-state index contributed by atoms with van der Waals surface area (Å²) in [6.45, 7) is 11.3. The molecule has 4 rings (SSSR count). The lowest BCUT2D eigenvalue weighted by atomic mass is 9.91. The van der Waals surface area contributed by atoms with Crippen molar-refractivity contribution in [1.29, 1.82) is 0 Å². The number of halogens is 2. The summed E-state index contributed by atoms with van der Waals surface area (Å²) in [7, 11) is 0. The normalized spacial score (nSPS) is 12.0. The van der Waals surface area contributed by atoms with Crippen molar-refractivity contribution in [2.24, 2.45) is 0 Å². The van der Waals surface area contributed by atoms with Crippen LogP contribution in [0.15, 0.2) is 84.9 Å². The highest BCUT2D eigenvalue weighted by atomic mass is 35.5. The highest BCUT2D eigenvalue weighted by Crippen LogP contribution is 2.33. The summed E-state index contributed by atoms with van der Waals surface area (Å²) >= 11 is 12.7. The van der Waals surface area contributed by atoms with Crippen LogP contribution in [0.5, 0.6) is 0 Å². The number of aryl methyl sites for hydroxylation is 3. The van der Waals surface area contributed by atoms with Crippen molar-refractivity contribution in [3.63, 3.8) is 0 Å². The summed E-state index contributed by atoms with van der Waals surface area (Å²) in [6, 6.07) is 25.7. The Kier molecular flexibility index (Phi) is 9.88. The van der Waals surface area contributed by atoms with Gasteiger partial charge in [-0.2, -0.15) is 5.10 Å². The lowest BCUT2D eigenvalue weighted by Crippen LogP contribution is -2.11. The maximum atomic E-state index is 6.35. The van der Waals surface area contributed by atoms with E-state index in [0.29, 0.717) is 16.0 Å². The molecule has 0 radical (unpaired) electrons. The molecule has 0 saturated heterocycles. The number of hydrogen-bond acceptors (Lipinski definition) is 1. The average Bonchev–Trinajstić information content (AvgIpc) is 3.29. The molecule has 0 aliphatic rings. The lowest BCUT2D eigenvalue weighted by Gasteiger charge is -2.18. The second-order valence-electron chi connectivity index (χ2n) is 10.6. The van der Waals surface area contributed by atoms with Crippen LogP contribution in [0.1, 0.15) is 73.4 Å². The van der Waals surface area contributed by atoms with E-state index in [9.17, 15) is 0 Å². The van der Waals surface area contributed by atoms with Crippen LogP contribution in [0.4, 0.5) is 0 Å². The third-order valence-electron chi connectivity index (χ3n) is 7.08. The first-order valence-corrected chi connectivity index (χ1v) is 14.4. The molecule has 198 valence electrons. The third-order valence-corrected chi connectivity index (χ3v) is 7.52. The molecule has 0 spiro atoms. The number of nitrogens with zero attached hydrogens (tertiary/aromatic N) is 2. The van der Waals surface area contributed by atoms with Crippen molar-refractivity contribution in [2.45, 2.75) is 71.8 Å². The number of hydrogen-bond donors (Lipinski definition) is 0. The molecule has 0 fully saturated rings. The number of allylic oxidation sites excluding steroid dienone is 1. The summed E-state index contributed by atoms with van der Waals surface area (Å²) in [4.78, 5) is 0. The zero-order valence-electron chi connectivity index (χ0n) is 22.8. The Balaban J connectivity index is 1.65. The van der Waals surface area contributed by atoms with E-state index in [2.05, 4.69) is 86.6 Å². The molecule has 1 unspecified atom stereocenters. The van der Waals surface area contributed by atoms with Crippen LogP contribution < -0.4 is 0 Å². The van der Waals surface area contributed by atoms with Crippen LogP contribution in [0.3, 0.4) is 0 Å². The van der Waals surface area contributed by atoms with E-state index in [-0.39, 0.29) is 0 Å². The second kappa shape index (κ2) is 13.3. The maximum absolute atomic E-state index is 6.35. The topological polar surface area (TPSA) is 17.8 Å². The quantitative estimate of drug-likeness (QED) is 0.162. The van der Waals surface area contributed by atoms with Crippen LogP contribution in [0, 0.1) is 6.92 Å². The molecule has 0 amide bonds. The predicted octanol–water partition coefficient (Wildman–Crippen LogP) is 10.2. The first-order valence-electron chi connectivity index (χ1n) is 13.6. The Bertz CT molecular complexity index is 1350. The van der Waals surface area contributed by atoms with Crippen molar-refractivity contribution in [1.82, 2.24) is 9.78 Å². The molecule has 0 saturated carbocycles. The second-order valence-corrected chi connectivity index (χ2v) is 11.4. The fourth-order valence-corrected chi connectivity index (χ4v) is 5.59. The predicted molar refractivity (Wildman–Crippen MR) is 164 cm³/mol. The van der Waals surface area contributed by atoms with E-state index in [4.69, 9.17) is 28.3 Å². The maximum Gasteiger partial charge on any atom is 0.0927 e. The van der Waals surface area contributed by atoms with Crippen LogP contribution >= 0.6 is 23.2 Å². The minimum absolute atomic E-state index is 0.409. The van der Waals surface area contributed by atoms with Gasteiger partial charge in [0.1, 0.15) is 0 Å². The van der Waals surface area contributed by atoms with Gasteiger partial charge in [-0.25, -0.2) is 0 Å². The van der Waals surface area contributed by atoms with Crippen molar-refractivity contribution in [3.05, 3.63) is 123 Å². The zero-order valence-corrected chi connectivity index (χ0v) is 24.3. The van der Waals surface area contributed by atoms with Gasteiger partial charge in [0.2, 0.25) is 0 Å². The largest absolute Gasteiger partial charge is 0.264 e. The van der Waals surface area contributed by atoms with Crippen molar-refractivity contribution >= 4 is 23.2 Å². The van der Waals surface area contributed by atoms with Gasteiger partial charge in [0.05, 0.1) is 12.2 Å². The van der Waals surface area contributed by atoms with Gasteiger partial charge in [-0.1, -0.05) is 96.2 Å². The van der Waals surface area contributed by atoms with Gasteiger partial charge in [-0.05, 0) is 86.9 Å². The molecule has 38 heavy (non-hydrogen) atoms. The minimum atomic E-state index is 0.409. The summed E-state index contributed by atoms with van der Waals surface area (Å²) in [5, 5.41) is 6.35. The standard InChI is InChI=1S/C34H38Cl2N2/c1-5-7-29(17-16-27-9-6-8-25(4)18-27)34-22-33(30-19-31(35)21-32(36)20-30)37-38(34)23-28-14-12-26(13-15-28)11-10-24(2)3/h6,8-9,12-15,18-22,29H,2,5,7,10-11,16-17,23H2,1,3-4H3. The number of rotatable bonds is 12. The monoisotopic (exact) mass is 544 g/mol. The first-order chi connectivity index (χ1) is 18.3. The van der Waals surface area contributed by atoms with Gasteiger partial charge in [-0.15, -0.1) is 6.58 Å². The smallest absolute Gasteiger partial charge is 0.0927 e. The molecule has 2 nitrogen and oxygen atoms in total. The molecular formula is C34H38Cl2N2. The molecule has 3 aromatic carbocycles. The van der Waals surface area contributed by atoms with Crippen LogP contribution in [0.25, 0.3) is 11.3 Å². The number of aromatic nitrogens is 2. The Hall–Kier alpha value is -2.81. The van der Waals surface area contributed by atoms with Crippen molar-refractivity contribution < 1.29 is 0 Å². The van der Waals surface area contributed by atoms with E-state index in [1.807, 2.05) is 12.1 Å². The SMILES string of the molecule is C=C(C)CCc1ccc(Cn2nc(-c3cc(Cl)cc(Cl)c3)cc2C(CCC)CCc2cccc(C)c2)cc1. The fraction of sp³-hybridized carbons (Fsp3) is 0.324. The molecule has 0 bridgehead atoms. The van der Waals surface area contributed by atoms with E-state index in [1.54, 1.807) is 6.07 Å². The zero-order chi connectivity index (χ0) is 27.1. The van der Waals surface area contributed by atoms with Crippen molar-refractivity contribution in [3.8, 4) is 11.3 Å². The minimum Gasteiger partial charge on any atom is -0.264 e. The molecule has 1 atom stereocenters. The third kappa shape index (κ3) is 7.85. The highest BCUT2D eigenvalue weighted by Gasteiger charge is 2.20. The molecule has 4 heteroatoms. The van der Waals surface area contributed by atoms with Gasteiger partial charge in [-0.3, -0.25) is 4.68 Å². The van der Waals surface area contributed by atoms with Gasteiger partial charge in [0.15, 0.2) is 0 Å². The molecule has 0 aliphatic heterocycles. The molecule has 1 heterocycles. The Morgan fingerprint density at radius 2 is 1.58 bits per heavy atom. The first kappa shape index (κ1) is 28.2. The summed E-state index contributed by atoms with van der Waals surface area (Å²) in [6.07, 6.45) is 6.42. The Morgan fingerprint density at radius 1 is 0.868 bits per heavy atom. The van der Waals surface area contributed by atoms with Gasteiger partial charge < -0.3 is 0 Å².